The summed E-state index contributed by atoms with van der Waals surface area (Å²) in [6.45, 7) is -0.722. The van der Waals surface area contributed by atoms with Crippen molar-refractivity contribution in [2.75, 3.05) is 25.3 Å². The summed E-state index contributed by atoms with van der Waals surface area (Å²) in [5.74, 6) is 0.101. The summed E-state index contributed by atoms with van der Waals surface area (Å²) in [6.07, 6.45) is 1.29. The van der Waals surface area contributed by atoms with Crippen LogP contribution in [0.3, 0.4) is 0 Å². The summed E-state index contributed by atoms with van der Waals surface area (Å²) in [6, 6.07) is -0.666. The number of imidazole rings is 1. The monoisotopic (exact) mass is 501 g/mol. The summed E-state index contributed by atoms with van der Waals surface area (Å²) in [4.78, 5) is 54.8. The summed E-state index contributed by atoms with van der Waals surface area (Å²) in [5.41, 5.74) is 6.37. The van der Waals surface area contributed by atoms with Gasteiger partial charge in [0.15, 0.2) is 19.1 Å². The van der Waals surface area contributed by atoms with Crippen LogP contribution in [0.4, 0.5) is 5.82 Å². The molecule has 0 radical (unpaired) electrons. The molecule has 0 aliphatic heterocycles. The predicted molar refractivity (Wildman–Crippen MR) is 86.3 cm³/mol. The van der Waals surface area contributed by atoms with Crippen LogP contribution in [0, 0.1) is 0 Å². The van der Waals surface area contributed by atoms with Gasteiger partial charge in [0.05, 0.1) is 26.8 Å². The van der Waals surface area contributed by atoms with E-state index in [0.717, 1.165) is 0 Å². The molecule has 0 spiro atoms. The molecule has 2 aromatic rings. The Morgan fingerprint density at radius 2 is 1.64 bits per heavy atom. The molecule has 0 saturated heterocycles. The third-order valence-electron chi connectivity index (χ3n) is 3.27. The molecular weight excluding hydrogens is 487 g/mol. The Bertz CT molecular complexity index is 1010. The molecule has 2 heterocycles. The van der Waals surface area contributed by atoms with Crippen LogP contribution in [0.15, 0.2) is 12.7 Å². The molecule has 0 aliphatic rings. The van der Waals surface area contributed by atoms with Gasteiger partial charge in [0.1, 0.15) is 18.2 Å². The van der Waals surface area contributed by atoms with E-state index in [4.69, 9.17) is 10.5 Å². The molecule has 0 amide bonds. The van der Waals surface area contributed by atoms with Crippen molar-refractivity contribution in [3.8, 4) is 0 Å². The van der Waals surface area contributed by atoms with Gasteiger partial charge in [-0.2, -0.15) is 0 Å². The Morgan fingerprint density at radius 1 is 1.03 bits per heavy atom. The number of aliphatic hydroxyl groups is 1. The van der Waals surface area contributed by atoms with Crippen molar-refractivity contribution >= 4 is 40.2 Å². The minimum atomic E-state index is -6.03. The van der Waals surface area contributed by atoms with E-state index in [1.165, 1.54) is 17.2 Å². The van der Waals surface area contributed by atoms with E-state index >= 15 is 0 Å². The number of ether oxygens (including phenoxy) is 1. The first-order valence-corrected chi connectivity index (χ1v) is 12.2. The summed E-state index contributed by atoms with van der Waals surface area (Å²) >= 11 is 0. The van der Waals surface area contributed by atoms with E-state index < -0.39 is 42.2 Å². The van der Waals surface area contributed by atoms with Crippen molar-refractivity contribution in [2.24, 2.45) is 0 Å². The number of aliphatic hydroxyl groups excluding tert-OH is 1. The molecule has 0 aromatic carbocycles. The first kappa shape index (κ1) is 38.6. The molecule has 164 valence electrons. The third kappa shape index (κ3) is 12.8. The first-order chi connectivity index (χ1) is 13.3. The molecule has 33 heavy (non-hydrogen) atoms. The number of anilines is 1. The molecule has 23 heteroatoms. The first-order valence-electron chi connectivity index (χ1n) is 7.51. The second-order valence-electron chi connectivity index (χ2n) is 5.41. The zero-order valence-corrected chi connectivity index (χ0v) is 21.0. The molecule has 3 atom stereocenters. The molecule has 0 aliphatic carbocycles. The maximum absolute atomic E-state index is 11.5. The quantitative estimate of drug-likeness (QED) is 0.165. The average molecular weight is 501 g/mol. The molecule has 2 rings (SSSR count). The second kappa shape index (κ2) is 16.1. The van der Waals surface area contributed by atoms with E-state index in [2.05, 4.69) is 23.6 Å². The number of nitrogen functional groups attached to an aromatic ring is 1. The van der Waals surface area contributed by atoms with Gasteiger partial charge in [-0.1, -0.05) is 0 Å². The minimum absolute atomic E-state index is 0. The molecule has 0 bridgehead atoms. The largest absolute Gasteiger partial charge is 1.00 e. The van der Waals surface area contributed by atoms with Gasteiger partial charge in [-0.15, -0.1) is 0 Å². The molecule has 0 fully saturated rings. The van der Waals surface area contributed by atoms with Crippen molar-refractivity contribution in [3.05, 3.63) is 12.7 Å². The molecule has 0 saturated carbocycles. The SMILES string of the molecule is Nc1ncnc2ncn(C(CO)CCOCP(=O)([O-])OP(=O)([O-])OP(=O)([O-])[O-])c12.[Li+].[Li+].[Li+].[Li+]. The molecule has 3 N–H and O–H groups in total. The maximum Gasteiger partial charge on any atom is 1.00 e. The van der Waals surface area contributed by atoms with Crippen LogP contribution in [0.2, 0.25) is 0 Å². The average Bonchev–Trinajstić information content (AvgIpc) is 2.97. The number of aromatic nitrogens is 4. The van der Waals surface area contributed by atoms with Crippen molar-refractivity contribution in [1.82, 2.24) is 19.5 Å². The number of hydrogen-bond donors (Lipinski definition) is 2. The fraction of sp³-hybridized carbons (Fsp3) is 0.500. The van der Waals surface area contributed by atoms with Gasteiger partial charge in [-0.3, -0.25) is 13.2 Å². The van der Waals surface area contributed by atoms with Crippen molar-refractivity contribution < 1.29 is 127 Å². The normalized spacial score (nSPS) is 15.5. The molecular formula is C10H14Li4N5O11P3. The van der Waals surface area contributed by atoms with Crippen LogP contribution in [-0.4, -0.2) is 44.2 Å². The van der Waals surface area contributed by atoms with Crippen LogP contribution in [0.1, 0.15) is 12.5 Å². The fourth-order valence-corrected chi connectivity index (χ4v) is 5.33. The van der Waals surface area contributed by atoms with Gasteiger partial charge in [0, 0.05) is 6.61 Å². The summed E-state index contributed by atoms with van der Waals surface area (Å²) < 4.78 is 45.7. The number of fused-ring (bicyclic) bond motifs is 1. The number of nitrogens with zero attached hydrogens (tertiary/aromatic N) is 4. The van der Waals surface area contributed by atoms with E-state index in [9.17, 15) is 38.4 Å². The summed E-state index contributed by atoms with van der Waals surface area (Å²) in [5, 5.41) is 9.56. The second-order valence-corrected chi connectivity index (χ2v) is 9.99. The van der Waals surface area contributed by atoms with Gasteiger partial charge < -0.3 is 48.8 Å². The molecule has 2 aromatic heterocycles. The Labute approximate surface area is 235 Å². The fourth-order valence-electron chi connectivity index (χ4n) is 2.20. The van der Waals surface area contributed by atoms with E-state index in [1.807, 2.05) is 0 Å². The van der Waals surface area contributed by atoms with E-state index in [1.54, 1.807) is 0 Å². The zero-order valence-electron chi connectivity index (χ0n) is 18.3. The van der Waals surface area contributed by atoms with Crippen molar-refractivity contribution in [3.63, 3.8) is 0 Å². The number of hydrogen-bond acceptors (Lipinski definition) is 15. The Balaban J connectivity index is -0.00000225. The number of rotatable bonds is 11. The standard InChI is InChI=1S/C10H18N5O11P3.4Li/c11-9-8-10(13-4-12-9)14-5-15(8)7(3-16)1-2-24-6-27(17,18)25-29(22,23)26-28(19,20)21;;;;/h4-5,7,16H,1-3,6H2,(H,17,18)(H,22,23)(H2,11,12,13)(H2,19,20,21);;;;/q;4*+1/p-4. The van der Waals surface area contributed by atoms with Crippen molar-refractivity contribution in [2.45, 2.75) is 12.5 Å². The Morgan fingerprint density at radius 3 is 2.18 bits per heavy atom. The topological polar surface area (TPSA) is 261 Å². The molecule has 16 nitrogen and oxygen atoms in total. The zero-order chi connectivity index (χ0) is 21.9. The van der Waals surface area contributed by atoms with Gasteiger partial charge >= 0.3 is 75.4 Å². The van der Waals surface area contributed by atoms with Crippen molar-refractivity contribution in [1.29, 1.82) is 0 Å². The number of phosphoric acid groups is 2. The van der Waals surface area contributed by atoms with Crippen LogP contribution in [0.5, 0.6) is 0 Å². The Hall–Kier alpha value is 1.11. The number of nitrogens with two attached hydrogens (primary N) is 1. The summed E-state index contributed by atoms with van der Waals surface area (Å²) in [7, 11) is -17.3. The molecule has 3 unspecified atom stereocenters. The minimum Gasteiger partial charge on any atom is -0.790 e. The Kier molecular flexibility index (Phi) is 18.8. The van der Waals surface area contributed by atoms with Gasteiger partial charge in [-0.05, 0) is 6.42 Å². The van der Waals surface area contributed by atoms with Gasteiger partial charge in [-0.25, -0.2) is 15.0 Å². The third-order valence-corrected chi connectivity index (χ3v) is 7.16. The van der Waals surface area contributed by atoms with Gasteiger partial charge in [0.2, 0.25) is 0 Å². The van der Waals surface area contributed by atoms with Crippen LogP contribution in [0.25, 0.3) is 11.2 Å². The van der Waals surface area contributed by atoms with E-state index in [-0.39, 0.29) is 99.9 Å². The predicted octanol–water partition coefficient (Wildman–Crippen LogP) is -14.8. The van der Waals surface area contributed by atoms with E-state index in [0.29, 0.717) is 5.52 Å². The van der Waals surface area contributed by atoms with Crippen LogP contribution >= 0.6 is 23.2 Å². The van der Waals surface area contributed by atoms with Crippen LogP contribution in [-0.2, 0) is 27.1 Å². The maximum atomic E-state index is 11.5. The smallest absolute Gasteiger partial charge is 0.790 e. The van der Waals surface area contributed by atoms with Gasteiger partial charge in [0.25, 0.3) is 7.82 Å². The van der Waals surface area contributed by atoms with Crippen LogP contribution < -0.4 is 101 Å².